The number of aromatic amines is 1. The largest absolute Gasteiger partial charge is 0.300 e. The van der Waals surface area contributed by atoms with Crippen molar-refractivity contribution in [3.63, 3.8) is 0 Å². The second kappa shape index (κ2) is 7.33. The molecule has 1 aliphatic heterocycles. The van der Waals surface area contributed by atoms with Crippen molar-refractivity contribution < 1.29 is 8.42 Å². The van der Waals surface area contributed by atoms with E-state index in [2.05, 4.69) is 10.2 Å². The maximum atomic E-state index is 13.1. The van der Waals surface area contributed by atoms with Gasteiger partial charge in [-0.2, -0.15) is 5.10 Å². The summed E-state index contributed by atoms with van der Waals surface area (Å²) in [5.74, 6) is -0.217. The predicted octanol–water partition coefficient (Wildman–Crippen LogP) is 3.43. The van der Waals surface area contributed by atoms with Gasteiger partial charge in [-0.05, 0) is 23.8 Å². The second-order valence-electron chi connectivity index (χ2n) is 6.33. The Kier molecular flexibility index (Phi) is 4.69. The third-order valence-corrected chi connectivity index (χ3v) is 6.17. The van der Waals surface area contributed by atoms with Crippen molar-refractivity contribution in [3.8, 4) is 0 Å². The third-order valence-electron chi connectivity index (χ3n) is 4.49. The van der Waals surface area contributed by atoms with Gasteiger partial charge in [0.1, 0.15) is 5.84 Å². The lowest BCUT2D eigenvalue weighted by Crippen LogP contribution is -2.29. The van der Waals surface area contributed by atoms with Crippen molar-refractivity contribution in [1.82, 2.24) is 14.5 Å². The lowest BCUT2D eigenvalue weighted by atomic mass is 9.99. The number of benzene rings is 2. The number of rotatable bonds is 5. The van der Waals surface area contributed by atoms with E-state index in [1.165, 1.54) is 24.4 Å². The van der Waals surface area contributed by atoms with E-state index in [9.17, 15) is 8.42 Å². The van der Waals surface area contributed by atoms with Crippen molar-refractivity contribution in [2.24, 2.45) is 0 Å². The quantitative estimate of drug-likeness (QED) is 0.567. The molecule has 0 radical (unpaired) electrons. The first kappa shape index (κ1) is 18.6. The topological polar surface area (TPSA) is 114 Å². The summed E-state index contributed by atoms with van der Waals surface area (Å²) in [5, 5.41) is 23.6. The minimum absolute atomic E-state index is 0.0897. The average Bonchev–Trinajstić information content (AvgIpc) is 3.38. The van der Waals surface area contributed by atoms with Crippen molar-refractivity contribution in [1.29, 1.82) is 10.8 Å². The molecule has 0 spiro atoms. The highest BCUT2D eigenvalue weighted by Gasteiger charge is 2.35. The Morgan fingerprint density at radius 2 is 1.69 bits per heavy atom. The summed E-state index contributed by atoms with van der Waals surface area (Å²) < 4.78 is 27.1. The Morgan fingerprint density at radius 1 is 1.03 bits per heavy atom. The minimum atomic E-state index is -3.95. The molecule has 0 amide bonds. The first-order valence-electron chi connectivity index (χ1n) is 8.74. The van der Waals surface area contributed by atoms with E-state index < -0.39 is 10.0 Å². The van der Waals surface area contributed by atoms with Crippen LogP contribution in [-0.2, 0) is 10.0 Å². The van der Waals surface area contributed by atoms with Crippen LogP contribution in [0.4, 0.5) is 0 Å². The first-order valence-corrected chi connectivity index (χ1v) is 10.2. The molecule has 0 bridgehead atoms. The number of nitrogens with zero attached hydrogens (tertiary/aromatic N) is 2. The smallest absolute Gasteiger partial charge is 0.269 e. The molecule has 0 saturated carbocycles. The molecule has 1 aromatic heterocycles. The van der Waals surface area contributed by atoms with Gasteiger partial charge in [0.25, 0.3) is 10.0 Å². The van der Waals surface area contributed by atoms with E-state index in [0.29, 0.717) is 22.3 Å². The molecule has 0 saturated heterocycles. The van der Waals surface area contributed by atoms with Crippen LogP contribution < -0.4 is 0 Å². The lowest BCUT2D eigenvalue weighted by Gasteiger charge is -2.16. The summed E-state index contributed by atoms with van der Waals surface area (Å²) in [5.41, 5.74) is 2.32. The average molecular weight is 403 g/mol. The lowest BCUT2D eigenvalue weighted by molar-refractivity contribution is 0.564. The Hall–Kier alpha value is -3.78. The van der Waals surface area contributed by atoms with Gasteiger partial charge in [0.15, 0.2) is 0 Å². The zero-order valence-electron chi connectivity index (χ0n) is 15.2. The molecule has 144 valence electrons. The van der Waals surface area contributed by atoms with Gasteiger partial charge < -0.3 is 5.41 Å². The summed E-state index contributed by atoms with van der Waals surface area (Å²) in [6.07, 6.45) is 6.09. The monoisotopic (exact) mass is 403 g/mol. The van der Waals surface area contributed by atoms with Crippen LogP contribution in [-0.4, -0.2) is 34.5 Å². The molecule has 2 heterocycles. The number of aromatic nitrogens is 2. The van der Waals surface area contributed by atoms with Gasteiger partial charge in [0.05, 0.1) is 16.8 Å². The molecule has 4 rings (SSSR count). The standard InChI is InChI=1S/C21H17N5O2S/c22-20(15-7-3-1-4-8-15)11-18-19(16-12-24-25-13-16)14-26(21(18)23)29(27,28)17-9-5-2-6-10-17/h1-14,22-23H,(H,24,25)/b18-11-,22-20?,23-21?. The molecule has 0 atom stereocenters. The zero-order valence-corrected chi connectivity index (χ0v) is 16.0. The number of sulfonamides is 1. The molecule has 3 N–H and O–H groups in total. The normalized spacial score (nSPS) is 15.6. The molecular formula is C21H17N5O2S. The molecular weight excluding hydrogens is 386 g/mol. The van der Waals surface area contributed by atoms with Crippen LogP contribution in [0.1, 0.15) is 11.1 Å². The summed E-state index contributed by atoms with van der Waals surface area (Å²) >= 11 is 0. The number of hydrogen-bond donors (Lipinski definition) is 3. The van der Waals surface area contributed by atoms with Gasteiger partial charge in [0.2, 0.25) is 0 Å². The van der Waals surface area contributed by atoms with Crippen molar-refractivity contribution in [3.05, 3.63) is 102 Å². The molecule has 0 fully saturated rings. The first-order chi connectivity index (χ1) is 14.0. The van der Waals surface area contributed by atoms with Crippen molar-refractivity contribution in [2.75, 3.05) is 0 Å². The Labute approximate surface area is 168 Å². The van der Waals surface area contributed by atoms with E-state index in [1.807, 2.05) is 18.2 Å². The molecule has 3 aromatic rings. The molecule has 0 aliphatic carbocycles. The van der Waals surface area contributed by atoms with Gasteiger partial charge >= 0.3 is 0 Å². The summed E-state index contributed by atoms with van der Waals surface area (Å²) in [6.45, 7) is 0. The van der Waals surface area contributed by atoms with E-state index in [1.54, 1.807) is 42.7 Å². The van der Waals surface area contributed by atoms with Crippen LogP contribution >= 0.6 is 0 Å². The maximum absolute atomic E-state index is 13.1. The zero-order chi connectivity index (χ0) is 20.4. The van der Waals surface area contributed by atoms with Crippen molar-refractivity contribution >= 4 is 27.1 Å². The summed E-state index contributed by atoms with van der Waals surface area (Å²) in [6, 6.07) is 17.0. The molecule has 7 nitrogen and oxygen atoms in total. The van der Waals surface area contributed by atoms with Crippen LogP contribution in [0.5, 0.6) is 0 Å². The maximum Gasteiger partial charge on any atom is 0.269 e. The highest BCUT2D eigenvalue weighted by molar-refractivity contribution is 7.89. The van der Waals surface area contributed by atoms with Crippen LogP contribution in [0.15, 0.2) is 95.8 Å². The molecule has 2 aromatic carbocycles. The van der Waals surface area contributed by atoms with Gasteiger partial charge in [-0.25, -0.2) is 12.7 Å². The minimum Gasteiger partial charge on any atom is -0.300 e. The van der Waals surface area contributed by atoms with E-state index in [0.717, 1.165) is 4.31 Å². The van der Waals surface area contributed by atoms with Crippen molar-refractivity contribution in [2.45, 2.75) is 4.90 Å². The van der Waals surface area contributed by atoms with Crippen LogP contribution in [0.25, 0.3) is 5.57 Å². The number of H-pyrrole nitrogens is 1. The number of nitrogens with one attached hydrogen (secondary N) is 3. The predicted molar refractivity (Wildman–Crippen MR) is 111 cm³/mol. The van der Waals surface area contributed by atoms with E-state index in [-0.39, 0.29) is 16.4 Å². The van der Waals surface area contributed by atoms with Crippen LogP contribution in [0.2, 0.25) is 0 Å². The number of amidine groups is 1. The molecule has 29 heavy (non-hydrogen) atoms. The summed E-state index contributed by atoms with van der Waals surface area (Å²) in [4.78, 5) is 0.0897. The SMILES string of the molecule is N=C(/C=C1\C(=N)N(S(=O)(=O)c2ccccc2)C=C1c1cn[nH]c1)c1ccccc1. The molecule has 8 heteroatoms. The fourth-order valence-electron chi connectivity index (χ4n) is 3.01. The highest BCUT2D eigenvalue weighted by atomic mass is 32.2. The Bertz CT molecular complexity index is 1230. The highest BCUT2D eigenvalue weighted by Crippen LogP contribution is 2.34. The summed E-state index contributed by atoms with van der Waals surface area (Å²) in [7, 11) is -3.95. The second-order valence-corrected chi connectivity index (χ2v) is 8.14. The van der Waals surface area contributed by atoms with E-state index >= 15 is 0 Å². The molecule has 1 aliphatic rings. The van der Waals surface area contributed by atoms with Gasteiger partial charge in [0, 0.05) is 29.1 Å². The van der Waals surface area contributed by atoms with Crippen LogP contribution in [0, 0.1) is 10.8 Å². The van der Waals surface area contributed by atoms with Crippen LogP contribution in [0.3, 0.4) is 0 Å². The Balaban J connectivity index is 1.80. The fraction of sp³-hybridized carbons (Fsp3) is 0. The van der Waals surface area contributed by atoms with Gasteiger partial charge in [-0.1, -0.05) is 48.5 Å². The molecule has 0 unspecified atom stereocenters. The third kappa shape index (κ3) is 3.41. The number of hydrogen-bond acceptors (Lipinski definition) is 5. The fourth-order valence-corrected chi connectivity index (χ4v) is 4.32. The number of allylic oxidation sites excluding steroid dienone is 1. The van der Waals surface area contributed by atoms with Gasteiger partial charge in [-0.3, -0.25) is 10.5 Å². The Morgan fingerprint density at radius 3 is 2.31 bits per heavy atom. The van der Waals surface area contributed by atoms with Gasteiger partial charge in [-0.15, -0.1) is 0 Å². The van der Waals surface area contributed by atoms with E-state index in [4.69, 9.17) is 10.8 Å².